The summed E-state index contributed by atoms with van der Waals surface area (Å²) in [4.78, 5) is 2.21. The van der Waals surface area contributed by atoms with Crippen LogP contribution in [0.3, 0.4) is 0 Å². The molecule has 1 unspecified atom stereocenters. The minimum absolute atomic E-state index is 0.555. The average molecular weight is 192 g/mol. The Hall–Kier alpha value is -1.05. The van der Waals surface area contributed by atoms with Crippen LogP contribution in [0.15, 0.2) is 23.9 Å². The molecule has 0 amide bonds. The highest BCUT2D eigenvalue weighted by molar-refractivity contribution is 6.05. The highest BCUT2D eigenvalue weighted by atomic mass is 15.2. The average Bonchev–Trinajstić information content (AvgIpc) is 2.49. The summed E-state index contributed by atoms with van der Waals surface area (Å²) in [7, 11) is 0. The van der Waals surface area contributed by atoms with E-state index in [0.717, 1.165) is 30.3 Å². The van der Waals surface area contributed by atoms with E-state index in [4.69, 9.17) is 5.41 Å². The number of nitrogens with one attached hydrogen (secondary N) is 1. The standard InChI is InChI=1S/C12H20N2/c1-9(2)7-12(13)11(4)14-6-5-10(3)8-14/h7,10,13H,4-6,8H2,1-3H3. The molecule has 1 rings (SSSR count). The van der Waals surface area contributed by atoms with Gasteiger partial charge in [-0.15, -0.1) is 0 Å². The molecule has 0 saturated carbocycles. The molecule has 78 valence electrons. The lowest BCUT2D eigenvalue weighted by molar-refractivity contribution is 0.431. The Balaban J connectivity index is 2.58. The lowest BCUT2D eigenvalue weighted by Crippen LogP contribution is -2.23. The molecular formula is C12H20N2. The molecule has 1 aliphatic heterocycles. The molecule has 0 radical (unpaired) electrons. The zero-order chi connectivity index (χ0) is 10.7. The Morgan fingerprint density at radius 2 is 2.14 bits per heavy atom. The molecule has 0 spiro atoms. The maximum absolute atomic E-state index is 7.84. The SMILES string of the molecule is C=C(C(=N)C=C(C)C)N1CCC(C)C1. The van der Waals surface area contributed by atoms with E-state index in [1.165, 1.54) is 6.42 Å². The maximum Gasteiger partial charge on any atom is 0.0766 e. The van der Waals surface area contributed by atoms with Gasteiger partial charge in [-0.25, -0.2) is 0 Å². The predicted octanol–water partition coefficient (Wildman–Crippen LogP) is 2.83. The summed E-state index contributed by atoms with van der Waals surface area (Å²) in [6.07, 6.45) is 3.10. The number of rotatable bonds is 3. The van der Waals surface area contributed by atoms with Gasteiger partial charge in [-0.2, -0.15) is 0 Å². The lowest BCUT2D eigenvalue weighted by atomic mass is 10.2. The topological polar surface area (TPSA) is 27.1 Å². The fourth-order valence-electron chi connectivity index (χ4n) is 1.72. The summed E-state index contributed by atoms with van der Waals surface area (Å²) in [6.45, 7) is 12.4. The van der Waals surface area contributed by atoms with E-state index < -0.39 is 0 Å². The second kappa shape index (κ2) is 4.45. The second-order valence-corrected chi connectivity index (χ2v) is 4.42. The molecule has 1 heterocycles. The van der Waals surface area contributed by atoms with Crippen molar-refractivity contribution in [2.24, 2.45) is 5.92 Å². The van der Waals surface area contributed by atoms with Crippen molar-refractivity contribution in [3.63, 3.8) is 0 Å². The zero-order valence-corrected chi connectivity index (χ0v) is 9.43. The normalized spacial score (nSPS) is 20.8. The molecule has 1 atom stereocenters. The fourth-order valence-corrected chi connectivity index (χ4v) is 1.72. The summed E-state index contributed by atoms with van der Waals surface area (Å²) < 4.78 is 0. The summed E-state index contributed by atoms with van der Waals surface area (Å²) in [5.74, 6) is 0.742. The van der Waals surface area contributed by atoms with Gasteiger partial charge in [0.1, 0.15) is 0 Å². The zero-order valence-electron chi connectivity index (χ0n) is 9.43. The number of hydrogen-bond acceptors (Lipinski definition) is 2. The van der Waals surface area contributed by atoms with Gasteiger partial charge in [0.25, 0.3) is 0 Å². The molecule has 0 bridgehead atoms. The Morgan fingerprint density at radius 1 is 1.50 bits per heavy atom. The third-order valence-electron chi connectivity index (χ3n) is 2.55. The van der Waals surface area contributed by atoms with Crippen molar-refractivity contribution < 1.29 is 0 Å². The van der Waals surface area contributed by atoms with E-state index >= 15 is 0 Å². The van der Waals surface area contributed by atoms with Gasteiger partial charge in [0.05, 0.1) is 11.4 Å². The summed E-state index contributed by atoms with van der Waals surface area (Å²) in [5.41, 5.74) is 2.58. The van der Waals surface area contributed by atoms with Gasteiger partial charge < -0.3 is 4.90 Å². The minimum atomic E-state index is 0.555. The third-order valence-corrected chi connectivity index (χ3v) is 2.55. The maximum atomic E-state index is 7.84. The summed E-state index contributed by atoms with van der Waals surface area (Å²) >= 11 is 0. The molecule has 1 saturated heterocycles. The highest BCUT2D eigenvalue weighted by Gasteiger charge is 2.20. The molecule has 0 aliphatic carbocycles. The lowest BCUT2D eigenvalue weighted by Gasteiger charge is -2.20. The quantitative estimate of drug-likeness (QED) is 0.684. The molecule has 0 aromatic heterocycles. The van der Waals surface area contributed by atoms with Crippen molar-refractivity contribution in [3.05, 3.63) is 23.9 Å². The smallest absolute Gasteiger partial charge is 0.0766 e. The van der Waals surface area contributed by atoms with Crippen LogP contribution in [0.2, 0.25) is 0 Å². The first-order chi connectivity index (χ1) is 6.50. The Bertz CT molecular complexity index is 272. The van der Waals surface area contributed by atoms with Crippen LogP contribution in [-0.2, 0) is 0 Å². The van der Waals surface area contributed by atoms with Crippen LogP contribution in [-0.4, -0.2) is 23.7 Å². The Kier molecular flexibility index (Phi) is 3.50. The minimum Gasteiger partial charge on any atom is -0.370 e. The van der Waals surface area contributed by atoms with Gasteiger partial charge in [0.2, 0.25) is 0 Å². The third kappa shape index (κ3) is 2.72. The van der Waals surface area contributed by atoms with Gasteiger partial charge in [-0.3, -0.25) is 5.41 Å². The first-order valence-corrected chi connectivity index (χ1v) is 5.18. The Morgan fingerprint density at radius 3 is 2.57 bits per heavy atom. The van der Waals surface area contributed by atoms with E-state index in [9.17, 15) is 0 Å². The van der Waals surface area contributed by atoms with Crippen molar-refractivity contribution in [3.8, 4) is 0 Å². The molecule has 0 aromatic carbocycles. The van der Waals surface area contributed by atoms with Crippen LogP contribution in [0.4, 0.5) is 0 Å². The van der Waals surface area contributed by atoms with Crippen molar-refractivity contribution >= 4 is 5.71 Å². The molecule has 0 aromatic rings. The van der Waals surface area contributed by atoms with Crippen LogP contribution < -0.4 is 0 Å². The summed E-state index contributed by atoms with van der Waals surface area (Å²) in [5, 5.41) is 7.84. The predicted molar refractivity (Wildman–Crippen MR) is 61.7 cm³/mol. The molecule has 1 N–H and O–H groups in total. The molecule has 1 fully saturated rings. The Labute approximate surface area is 86.8 Å². The van der Waals surface area contributed by atoms with Gasteiger partial charge in [-0.1, -0.05) is 19.1 Å². The van der Waals surface area contributed by atoms with Crippen LogP contribution in [0.1, 0.15) is 27.2 Å². The van der Waals surface area contributed by atoms with E-state index in [1.807, 2.05) is 19.9 Å². The first kappa shape index (κ1) is 11.0. The second-order valence-electron chi connectivity index (χ2n) is 4.42. The van der Waals surface area contributed by atoms with E-state index in [0.29, 0.717) is 5.71 Å². The van der Waals surface area contributed by atoms with E-state index in [-0.39, 0.29) is 0 Å². The monoisotopic (exact) mass is 192 g/mol. The molecule has 1 aliphatic rings. The van der Waals surface area contributed by atoms with E-state index in [1.54, 1.807) is 0 Å². The highest BCUT2D eigenvalue weighted by Crippen LogP contribution is 2.19. The number of nitrogens with zero attached hydrogens (tertiary/aromatic N) is 1. The summed E-state index contributed by atoms with van der Waals surface area (Å²) in [6, 6.07) is 0. The van der Waals surface area contributed by atoms with Gasteiger partial charge in [0, 0.05) is 13.1 Å². The molecular weight excluding hydrogens is 172 g/mol. The van der Waals surface area contributed by atoms with Gasteiger partial charge in [0.15, 0.2) is 0 Å². The number of hydrogen-bond donors (Lipinski definition) is 1. The van der Waals surface area contributed by atoms with E-state index in [2.05, 4.69) is 18.4 Å². The molecule has 2 heteroatoms. The van der Waals surface area contributed by atoms with Crippen molar-refractivity contribution in [1.82, 2.24) is 4.90 Å². The molecule has 14 heavy (non-hydrogen) atoms. The number of allylic oxidation sites excluding steroid dienone is 2. The molecule has 2 nitrogen and oxygen atoms in total. The van der Waals surface area contributed by atoms with Crippen LogP contribution in [0, 0.1) is 11.3 Å². The van der Waals surface area contributed by atoms with Gasteiger partial charge in [-0.05, 0) is 32.3 Å². The largest absolute Gasteiger partial charge is 0.370 e. The van der Waals surface area contributed by atoms with Crippen LogP contribution in [0.5, 0.6) is 0 Å². The fraction of sp³-hybridized carbons (Fsp3) is 0.583. The first-order valence-electron chi connectivity index (χ1n) is 5.18. The van der Waals surface area contributed by atoms with Gasteiger partial charge >= 0.3 is 0 Å². The van der Waals surface area contributed by atoms with Crippen molar-refractivity contribution in [2.75, 3.05) is 13.1 Å². The van der Waals surface area contributed by atoms with Crippen molar-refractivity contribution in [1.29, 1.82) is 5.41 Å². The van der Waals surface area contributed by atoms with Crippen molar-refractivity contribution in [2.45, 2.75) is 27.2 Å². The van der Waals surface area contributed by atoms with Crippen LogP contribution >= 0.6 is 0 Å². The number of likely N-dealkylation sites (tertiary alicyclic amines) is 1. The van der Waals surface area contributed by atoms with Crippen LogP contribution in [0.25, 0.3) is 0 Å².